The zero-order valence-electron chi connectivity index (χ0n) is 10.7. The second-order valence-corrected chi connectivity index (χ2v) is 4.28. The van der Waals surface area contributed by atoms with E-state index >= 15 is 0 Å². The summed E-state index contributed by atoms with van der Waals surface area (Å²) in [7, 11) is 0. The summed E-state index contributed by atoms with van der Waals surface area (Å²) in [6, 6.07) is 17.5. The average molecular weight is 265 g/mol. The molecule has 0 heterocycles. The number of benzene rings is 2. The van der Waals surface area contributed by atoms with Crippen LogP contribution in [0.5, 0.6) is 0 Å². The van der Waals surface area contributed by atoms with Crippen molar-refractivity contribution in [3.05, 3.63) is 65.5 Å². The maximum Gasteiger partial charge on any atom is 0.141 e. The molecule has 1 atom stereocenters. The van der Waals surface area contributed by atoms with Gasteiger partial charge in [-0.3, -0.25) is 0 Å². The van der Waals surface area contributed by atoms with Crippen LogP contribution in [0.25, 0.3) is 0 Å². The predicted octanol–water partition coefficient (Wildman–Crippen LogP) is 3.76. The van der Waals surface area contributed by atoms with Gasteiger partial charge in [0.1, 0.15) is 11.9 Å². The summed E-state index contributed by atoms with van der Waals surface area (Å²) in [5.41, 5.74) is 1.57. The summed E-state index contributed by atoms with van der Waals surface area (Å²) in [6.45, 7) is 0. The second kappa shape index (κ2) is 6.36. The van der Waals surface area contributed by atoms with Crippen molar-refractivity contribution in [2.45, 2.75) is 12.5 Å². The van der Waals surface area contributed by atoms with Gasteiger partial charge in [0.05, 0.1) is 24.1 Å². The molecule has 0 aliphatic rings. The molecule has 2 aromatic rings. The Morgan fingerprint density at radius 2 is 1.85 bits per heavy atom. The van der Waals surface area contributed by atoms with Crippen molar-refractivity contribution in [3.8, 4) is 12.1 Å². The summed E-state index contributed by atoms with van der Waals surface area (Å²) < 4.78 is 13.3. The first-order chi connectivity index (χ1) is 9.74. The van der Waals surface area contributed by atoms with Gasteiger partial charge in [0.25, 0.3) is 0 Å². The van der Waals surface area contributed by atoms with Gasteiger partial charge in [-0.2, -0.15) is 10.5 Å². The number of rotatable bonds is 4. The molecule has 2 aromatic carbocycles. The van der Waals surface area contributed by atoms with Crippen LogP contribution in [0.2, 0.25) is 0 Å². The third-order valence-corrected chi connectivity index (χ3v) is 2.93. The van der Waals surface area contributed by atoms with Gasteiger partial charge in [0, 0.05) is 5.69 Å². The molecule has 0 aliphatic heterocycles. The Kier molecular flexibility index (Phi) is 4.32. The smallest absolute Gasteiger partial charge is 0.141 e. The minimum absolute atomic E-state index is 0.0150. The Balaban J connectivity index is 2.26. The Morgan fingerprint density at radius 1 is 1.10 bits per heavy atom. The van der Waals surface area contributed by atoms with E-state index < -0.39 is 5.82 Å². The molecule has 4 heteroatoms. The van der Waals surface area contributed by atoms with E-state index in [1.165, 1.54) is 12.1 Å². The lowest BCUT2D eigenvalue weighted by Crippen LogP contribution is -2.10. The normalized spacial score (nSPS) is 11.2. The van der Waals surface area contributed by atoms with E-state index in [1.54, 1.807) is 12.1 Å². The number of nitriles is 2. The first-order valence-electron chi connectivity index (χ1n) is 6.12. The van der Waals surface area contributed by atoms with Gasteiger partial charge in [0.2, 0.25) is 0 Å². The van der Waals surface area contributed by atoms with Crippen LogP contribution < -0.4 is 5.32 Å². The Labute approximate surface area is 116 Å². The molecule has 0 saturated carbocycles. The maximum atomic E-state index is 13.3. The lowest BCUT2D eigenvalue weighted by Gasteiger charge is -2.17. The molecular formula is C16H12FN3. The Morgan fingerprint density at radius 3 is 2.50 bits per heavy atom. The molecule has 20 heavy (non-hydrogen) atoms. The Bertz CT molecular complexity index is 668. The molecule has 98 valence electrons. The summed E-state index contributed by atoms with van der Waals surface area (Å²) in [5, 5.41) is 20.9. The van der Waals surface area contributed by atoms with Crippen LogP contribution in [0.15, 0.2) is 48.5 Å². The second-order valence-electron chi connectivity index (χ2n) is 4.28. The summed E-state index contributed by atoms with van der Waals surface area (Å²) >= 11 is 0. The minimum atomic E-state index is -0.547. The summed E-state index contributed by atoms with van der Waals surface area (Å²) in [6.07, 6.45) is 0.281. The topological polar surface area (TPSA) is 59.6 Å². The largest absolute Gasteiger partial charge is 0.377 e. The van der Waals surface area contributed by atoms with Crippen LogP contribution in [0.3, 0.4) is 0 Å². The van der Waals surface area contributed by atoms with Gasteiger partial charge < -0.3 is 5.32 Å². The third-order valence-electron chi connectivity index (χ3n) is 2.93. The third kappa shape index (κ3) is 3.13. The molecule has 1 unspecified atom stereocenters. The number of hydrogen-bond acceptors (Lipinski definition) is 3. The van der Waals surface area contributed by atoms with Crippen LogP contribution in [0, 0.1) is 28.5 Å². The van der Waals surface area contributed by atoms with Gasteiger partial charge >= 0.3 is 0 Å². The standard InChI is InChI=1S/C16H12FN3/c17-15-7-6-14(10-13(15)11-19)20-16(8-9-18)12-4-2-1-3-5-12/h1-7,10,16,20H,8H2. The van der Waals surface area contributed by atoms with Gasteiger partial charge in [-0.25, -0.2) is 4.39 Å². The zero-order valence-corrected chi connectivity index (χ0v) is 10.7. The average Bonchev–Trinajstić information content (AvgIpc) is 2.49. The highest BCUT2D eigenvalue weighted by molar-refractivity contribution is 5.51. The van der Waals surface area contributed by atoms with Crippen molar-refractivity contribution < 1.29 is 4.39 Å². The van der Waals surface area contributed by atoms with Crippen LogP contribution in [-0.2, 0) is 0 Å². The highest BCUT2D eigenvalue weighted by Crippen LogP contribution is 2.23. The van der Waals surface area contributed by atoms with Crippen molar-refractivity contribution in [1.29, 1.82) is 10.5 Å². The Hall–Kier alpha value is -2.85. The molecule has 2 rings (SSSR count). The quantitative estimate of drug-likeness (QED) is 0.915. The van der Waals surface area contributed by atoms with Crippen molar-refractivity contribution in [3.63, 3.8) is 0 Å². The highest BCUT2D eigenvalue weighted by Gasteiger charge is 2.11. The molecule has 0 aromatic heterocycles. The predicted molar refractivity (Wildman–Crippen MR) is 74.2 cm³/mol. The van der Waals surface area contributed by atoms with E-state index in [1.807, 2.05) is 30.3 Å². The molecule has 0 saturated heterocycles. The van der Waals surface area contributed by atoms with Crippen LogP contribution in [-0.4, -0.2) is 0 Å². The van der Waals surface area contributed by atoms with Gasteiger partial charge in [-0.1, -0.05) is 30.3 Å². The van der Waals surface area contributed by atoms with E-state index in [4.69, 9.17) is 10.5 Å². The maximum absolute atomic E-state index is 13.3. The molecule has 0 amide bonds. The number of nitrogens with one attached hydrogen (secondary N) is 1. The molecule has 3 nitrogen and oxygen atoms in total. The molecule has 0 spiro atoms. The molecule has 0 aliphatic carbocycles. The van der Waals surface area contributed by atoms with Crippen LogP contribution >= 0.6 is 0 Å². The van der Waals surface area contributed by atoms with Gasteiger partial charge in [-0.05, 0) is 23.8 Å². The molecular weight excluding hydrogens is 253 g/mol. The lowest BCUT2D eigenvalue weighted by molar-refractivity contribution is 0.624. The summed E-state index contributed by atoms with van der Waals surface area (Å²) in [5.74, 6) is -0.547. The molecule has 0 bridgehead atoms. The lowest BCUT2D eigenvalue weighted by atomic mass is 10.0. The monoisotopic (exact) mass is 265 g/mol. The van der Waals surface area contributed by atoms with Crippen molar-refractivity contribution >= 4 is 5.69 Å². The highest BCUT2D eigenvalue weighted by atomic mass is 19.1. The molecule has 0 fully saturated rings. The fourth-order valence-corrected chi connectivity index (χ4v) is 1.93. The van der Waals surface area contributed by atoms with Crippen molar-refractivity contribution in [2.24, 2.45) is 0 Å². The van der Waals surface area contributed by atoms with Gasteiger partial charge in [-0.15, -0.1) is 0 Å². The summed E-state index contributed by atoms with van der Waals surface area (Å²) in [4.78, 5) is 0. The first kappa shape index (κ1) is 13.6. The van der Waals surface area contributed by atoms with E-state index in [9.17, 15) is 4.39 Å². The number of anilines is 1. The molecule has 0 radical (unpaired) electrons. The van der Waals surface area contributed by atoms with Crippen molar-refractivity contribution in [2.75, 3.05) is 5.32 Å². The van der Waals surface area contributed by atoms with E-state index in [0.717, 1.165) is 5.56 Å². The number of hydrogen-bond donors (Lipinski definition) is 1. The fourth-order valence-electron chi connectivity index (χ4n) is 1.93. The van der Waals surface area contributed by atoms with Gasteiger partial charge in [0.15, 0.2) is 0 Å². The SMILES string of the molecule is N#CCC(Nc1ccc(F)c(C#N)c1)c1ccccc1. The van der Waals surface area contributed by atoms with E-state index in [-0.39, 0.29) is 18.0 Å². The molecule has 1 N–H and O–H groups in total. The van der Waals surface area contributed by atoms with Crippen LogP contribution in [0.4, 0.5) is 10.1 Å². The minimum Gasteiger partial charge on any atom is -0.377 e. The zero-order chi connectivity index (χ0) is 14.4. The van der Waals surface area contributed by atoms with E-state index in [0.29, 0.717) is 5.69 Å². The van der Waals surface area contributed by atoms with Crippen molar-refractivity contribution in [1.82, 2.24) is 0 Å². The van der Waals surface area contributed by atoms with Crippen LogP contribution in [0.1, 0.15) is 23.6 Å². The number of nitrogens with zero attached hydrogens (tertiary/aromatic N) is 2. The van der Waals surface area contributed by atoms with E-state index in [2.05, 4.69) is 11.4 Å². The first-order valence-corrected chi connectivity index (χ1v) is 6.12. The number of halogens is 1. The fraction of sp³-hybridized carbons (Fsp3) is 0.125.